The number of hydrogen-bond donors (Lipinski definition) is 1. The number of rotatable bonds is 6. The Morgan fingerprint density at radius 1 is 0.878 bits per heavy atom. The molecule has 1 saturated carbocycles. The minimum Gasteiger partial charge on any atom is -0.478 e. The number of pyridine rings is 1. The number of aromatic nitrogens is 2. The molecule has 1 N–H and O–H groups in total. The van der Waals surface area contributed by atoms with Crippen molar-refractivity contribution in [2.45, 2.75) is 65.3 Å². The van der Waals surface area contributed by atoms with Crippen LogP contribution in [-0.4, -0.2) is 82.1 Å². The van der Waals surface area contributed by atoms with Gasteiger partial charge in [0.1, 0.15) is 0 Å². The van der Waals surface area contributed by atoms with Crippen LogP contribution in [0.1, 0.15) is 70.6 Å². The number of fused-ring (bicyclic) bond motifs is 7. The molecule has 1 saturated heterocycles. The Morgan fingerprint density at radius 3 is 2.37 bits per heavy atom. The number of benzene rings is 2. The SMILES string of the molecule is CCN1CCN(C(=O)CN2CCn3c(c(C4CCCCC4)c4ccc(C(=O)O)cc43)-c3ccc4nc(-c5cc(C)sc5C)ccc4c32)CC1. The van der Waals surface area contributed by atoms with Crippen LogP contribution in [0.4, 0.5) is 5.69 Å². The van der Waals surface area contributed by atoms with Gasteiger partial charge in [-0.15, -0.1) is 11.3 Å². The molecule has 5 aromatic rings. The van der Waals surface area contributed by atoms with E-state index in [9.17, 15) is 14.7 Å². The minimum absolute atomic E-state index is 0.157. The van der Waals surface area contributed by atoms with Crippen molar-refractivity contribution in [1.82, 2.24) is 19.4 Å². The first-order chi connectivity index (χ1) is 23.8. The van der Waals surface area contributed by atoms with Gasteiger partial charge in [-0.25, -0.2) is 9.78 Å². The van der Waals surface area contributed by atoms with Gasteiger partial charge in [0.25, 0.3) is 0 Å². The van der Waals surface area contributed by atoms with E-state index in [-0.39, 0.29) is 5.91 Å². The summed E-state index contributed by atoms with van der Waals surface area (Å²) in [6, 6.07) is 16.6. The maximum absolute atomic E-state index is 14.0. The van der Waals surface area contributed by atoms with Gasteiger partial charge in [-0.3, -0.25) is 4.79 Å². The van der Waals surface area contributed by atoms with E-state index in [1.54, 1.807) is 17.4 Å². The number of likely N-dealkylation sites (N-methyl/N-ethyl adjacent to an activating group) is 1. The molecule has 2 aliphatic heterocycles. The Bertz CT molecular complexity index is 2080. The van der Waals surface area contributed by atoms with E-state index in [1.807, 2.05) is 17.0 Å². The third-order valence-corrected chi connectivity index (χ3v) is 12.2. The largest absolute Gasteiger partial charge is 0.478 e. The topological polar surface area (TPSA) is 81.9 Å². The molecule has 49 heavy (non-hydrogen) atoms. The van der Waals surface area contributed by atoms with Crippen LogP contribution < -0.4 is 4.90 Å². The van der Waals surface area contributed by atoms with Gasteiger partial charge < -0.3 is 24.4 Å². The van der Waals surface area contributed by atoms with E-state index in [0.717, 1.165) is 84.3 Å². The summed E-state index contributed by atoms with van der Waals surface area (Å²) in [5, 5.41) is 12.2. The first kappa shape index (κ1) is 32.0. The number of thiophene rings is 1. The summed E-state index contributed by atoms with van der Waals surface area (Å²) in [4.78, 5) is 40.7. The Balaban J connectivity index is 1.32. The van der Waals surface area contributed by atoms with Crippen molar-refractivity contribution < 1.29 is 14.7 Å². The Morgan fingerprint density at radius 2 is 1.65 bits per heavy atom. The summed E-state index contributed by atoms with van der Waals surface area (Å²) in [7, 11) is 0. The molecule has 0 bridgehead atoms. The lowest BCUT2D eigenvalue weighted by atomic mass is 9.81. The fourth-order valence-corrected chi connectivity index (χ4v) is 9.59. The highest BCUT2D eigenvalue weighted by Gasteiger charge is 2.33. The van der Waals surface area contributed by atoms with E-state index >= 15 is 0 Å². The summed E-state index contributed by atoms with van der Waals surface area (Å²) < 4.78 is 2.36. The molecule has 0 spiro atoms. The van der Waals surface area contributed by atoms with Crippen LogP contribution in [0.25, 0.3) is 44.3 Å². The number of aryl methyl sites for hydroxylation is 2. The molecule has 0 radical (unpaired) electrons. The second-order valence-electron chi connectivity index (χ2n) is 14.1. The van der Waals surface area contributed by atoms with Crippen LogP contribution in [0.15, 0.2) is 48.5 Å². The van der Waals surface area contributed by atoms with Crippen LogP contribution in [0.5, 0.6) is 0 Å². The van der Waals surface area contributed by atoms with Crippen molar-refractivity contribution in [3.05, 3.63) is 69.4 Å². The number of carboxylic acids is 1. The number of nitrogens with zero attached hydrogens (tertiary/aromatic N) is 5. The lowest BCUT2D eigenvalue weighted by Crippen LogP contribution is -2.51. The zero-order valence-electron chi connectivity index (χ0n) is 28.8. The smallest absolute Gasteiger partial charge is 0.335 e. The van der Waals surface area contributed by atoms with Crippen molar-refractivity contribution in [3.63, 3.8) is 0 Å². The van der Waals surface area contributed by atoms with Gasteiger partial charge in [0, 0.05) is 76.4 Å². The molecule has 254 valence electrons. The molecule has 2 fully saturated rings. The molecule has 8 nitrogen and oxygen atoms in total. The second-order valence-corrected chi connectivity index (χ2v) is 15.5. The Labute approximate surface area is 292 Å². The monoisotopic (exact) mass is 675 g/mol. The van der Waals surface area contributed by atoms with Crippen molar-refractivity contribution in [3.8, 4) is 22.5 Å². The van der Waals surface area contributed by atoms with E-state index < -0.39 is 5.97 Å². The first-order valence-electron chi connectivity index (χ1n) is 18.0. The third kappa shape index (κ3) is 5.70. The molecule has 9 heteroatoms. The Kier molecular flexibility index (Phi) is 8.44. The van der Waals surface area contributed by atoms with E-state index in [0.29, 0.717) is 31.1 Å². The number of aromatic carboxylic acids is 1. The maximum Gasteiger partial charge on any atom is 0.335 e. The molecule has 0 atom stereocenters. The number of amides is 1. The molecule has 0 unspecified atom stereocenters. The van der Waals surface area contributed by atoms with Gasteiger partial charge in [0.05, 0.1) is 34.7 Å². The summed E-state index contributed by atoms with van der Waals surface area (Å²) in [5.41, 5.74) is 9.04. The molecule has 3 aliphatic rings. The van der Waals surface area contributed by atoms with Gasteiger partial charge >= 0.3 is 5.97 Å². The Hall–Kier alpha value is -4.21. The highest BCUT2D eigenvalue weighted by molar-refractivity contribution is 7.12. The summed E-state index contributed by atoms with van der Waals surface area (Å²) >= 11 is 1.80. The van der Waals surface area contributed by atoms with Crippen LogP contribution >= 0.6 is 11.3 Å². The van der Waals surface area contributed by atoms with Gasteiger partial charge in [0.2, 0.25) is 5.91 Å². The predicted molar refractivity (Wildman–Crippen MR) is 199 cm³/mol. The average molecular weight is 676 g/mol. The quantitative estimate of drug-likeness (QED) is 0.197. The standard InChI is InChI=1S/C40H45N5O3S/c1-4-42-16-18-43(19-17-42)36(46)24-44-20-21-45-35-23-28(40(47)48)10-11-30(35)37(27-8-6-5-7-9-27)39(45)31-13-15-33-29(38(31)44)12-14-34(41-33)32-22-25(2)49-26(32)3/h10-15,22-23,27H,4-9,16-21,24H2,1-3H3,(H,47,48). The molecular formula is C40H45N5O3S. The lowest BCUT2D eigenvalue weighted by molar-refractivity contribution is -0.131. The van der Waals surface area contributed by atoms with Gasteiger partial charge in [-0.1, -0.05) is 32.3 Å². The lowest BCUT2D eigenvalue weighted by Gasteiger charge is -2.36. The van der Waals surface area contributed by atoms with Crippen LogP contribution in [0.2, 0.25) is 0 Å². The van der Waals surface area contributed by atoms with Gasteiger partial charge in [0.15, 0.2) is 0 Å². The van der Waals surface area contributed by atoms with E-state index in [4.69, 9.17) is 4.98 Å². The highest BCUT2D eigenvalue weighted by Crippen LogP contribution is 2.49. The molecule has 1 aliphatic carbocycles. The third-order valence-electron chi connectivity index (χ3n) is 11.2. The summed E-state index contributed by atoms with van der Waals surface area (Å²) in [6.07, 6.45) is 5.93. The van der Waals surface area contributed by atoms with E-state index in [2.05, 4.69) is 65.5 Å². The minimum atomic E-state index is -0.912. The molecular weight excluding hydrogens is 631 g/mol. The van der Waals surface area contributed by atoms with Gasteiger partial charge in [-0.05, 0) is 87.2 Å². The molecule has 8 rings (SSSR count). The van der Waals surface area contributed by atoms with Crippen LogP contribution in [0.3, 0.4) is 0 Å². The predicted octanol–water partition coefficient (Wildman–Crippen LogP) is 7.93. The van der Waals surface area contributed by atoms with Crippen LogP contribution in [0, 0.1) is 13.8 Å². The fourth-order valence-electron chi connectivity index (χ4n) is 8.66. The van der Waals surface area contributed by atoms with E-state index in [1.165, 1.54) is 45.8 Å². The van der Waals surface area contributed by atoms with Crippen LogP contribution in [-0.2, 0) is 11.3 Å². The van der Waals surface area contributed by atoms with Gasteiger partial charge in [-0.2, -0.15) is 0 Å². The number of carbonyl (C=O) groups excluding carboxylic acids is 1. The number of anilines is 1. The molecule has 5 heterocycles. The summed E-state index contributed by atoms with van der Waals surface area (Å²) in [6.45, 7) is 12.4. The normalized spacial score (nSPS) is 17.4. The first-order valence-corrected chi connectivity index (χ1v) is 18.8. The second kappa shape index (κ2) is 12.9. The van der Waals surface area contributed by atoms with Crippen molar-refractivity contribution in [2.75, 3.05) is 50.7 Å². The molecule has 3 aromatic heterocycles. The number of piperazine rings is 1. The average Bonchev–Trinajstić information content (AvgIpc) is 3.58. The van der Waals surface area contributed by atoms with Crippen molar-refractivity contribution in [2.24, 2.45) is 0 Å². The highest BCUT2D eigenvalue weighted by atomic mass is 32.1. The number of carbonyl (C=O) groups is 2. The number of carboxylic acid groups (broad SMARTS) is 1. The van der Waals surface area contributed by atoms with Crippen molar-refractivity contribution in [1.29, 1.82) is 0 Å². The number of hydrogen-bond acceptors (Lipinski definition) is 6. The zero-order valence-corrected chi connectivity index (χ0v) is 29.6. The molecule has 1 amide bonds. The fraction of sp³-hybridized carbons (Fsp3) is 0.425. The van der Waals surface area contributed by atoms with Crippen molar-refractivity contribution >= 4 is 50.7 Å². The zero-order chi connectivity index (χ0) is 33.8. The molecule has 2 aromatic carbocycles. The maximum atomic E-state index is 14.0. The summed E-state index contributed by atoms with van der Waals surface area (Å²) in [5.74, 6) is -0.352.